The third kappa shape index (κ3) is 2.71. The van der Waals surface area contributed by atoms with E-state index in [1.807, 2.05) is 30.0 Å². The van der Waals surface area contributed by atoms with Gasteiger partial charge in [0, 0.05) is 6.04 Å². The summed E-state index contributed by atoms with van der Waals surface area (Å²) in [6.07, 6.45) is 2.19. The fourth-order valence-electron chi connectivity index (χ4n) is 2.18. The molecule has 2 rings (SSSR count). The van der Waals surface area contributed by atoms with Gasteiger partial charge in [-0.15, -0.1) is 0 Å². The second kappa shape index (κ2) is 5.60. The smallest absolute Gasteiger partial charge is 0.122 e. The van der Waals surface area contributed by atoms with Gasteiger partial charge in [-0.3, -0.25) is 0 Å². The Labute approximate surface area is 102 Å². The van der Waals surface area contributed by atoms with Crippen molar-refractivity contribution in [1.29, 1.82) is 0 Å². The Hall–Kier alpha value is -0.670. The van der Waals surface area contributed by atoms with E-state index in [1.54, 1.807) is 7.11 Å². The fourth-order valence-corrected chi connectivity index (χ4v) is 3.54. The first kappa shape index (κ1) is 11.8. The largest absolute Gasteiger partial charge is 0.496 e. The topological polar surface area (TPSA) is 35.2 Å². The van der Waals surface area contributed by atoms with Crippen molar-refractivity contribution in [2.24, 2.45) is 11.7 Å². The van der Waals surface area contributed by atoms with Gasteiger partial charge in [-0.25, -0.2) is 0 Å². The SMILES string of the molecule is COc1ccccc1CC(N)C1CCSC1. The molecule has 0 radical (unpaired) electrons. The zero-order chi connectivity index (χ0) is 11.4. The molecule has 0 bridgehead atoms. The molecule has 1 fully saturated rings. The van der Waals surface area contributed by atoms with Gasteiger partial charge in [-0.2, -0.15) is 11.8 Å². The van der Waals surface area contributed by atoms with E-state index in [9.17, 15) is 0 Å². The lowest BCUT2D eigenvalue weighted by Crippen LogP contribution is -2.32. The Balaban J connectivity index is 2.01. The molecule has 0 amide bonds. The third-order valence-corrected chi connectivity index (χ3v) is 4.41. The highest BCUT2D eigenvalue weighted by molar-refractivity contribution is 7.99. The molecule has 2 atom stereocenters. The number of para-hydroxylation sites is 1. The van der Waals surface area contributed by atoms with Crippen molar-refractivity contribution in [3.63, 3.8) is 0 Å². The quantitative estimate of drug-likeness (QED) is 0.873. The van der Waals surface area contributed by atoms with Gasteiger partial charge in [0.1, 0.15) is 5.75 Å². The van der Waals surface area contributed by atoms with Gasteiger partial charge in [-0.1, -0.05) is 18.2 Å². The lowest BCUT2D eigenvalue weighted by molar-refractivity contribution is 0.401. The molecular formula is C13H19NOS. The van der Waals surface area contributed by atoms with Gasteiger partial charge < -0.3 is 10.5 Å². The minimum absolute atomic E-state index is 0.270. The number of methoxy groups -OCH3 is 1. The molecule has 1 saturated heterocycles. The molecule has 0 aromatic heterocycles. The minimum atomic E-state index is 0.270. The number of ether oxygens (including phenoxy) is 1. The van der Waals surface area contributed by atoms with Crippen LogP contribution in [0, 0.1) is 5.92 Å². The normalized spacial score (nSPS) is 22.0. The second-order valence-corrected chi connectivity index (χ2v) is 5.45. The van der Waals surface area contributed by atoms with Gasteiger partial charge in [0.05, 0.1) is 7.11 Å². The molecule has 0 spiro atoms. The minimum Gasteiger partial charge on any atom is -0.496 e. The standard InChI is InChI=1S/C13H19NOS/c1-15-13-5-3-2-4-10(13)8-12(14)11-6-7-16-9-11/h2-5,11-12H,6-9,14H2,1H3. The number of hydrogen-bond acceptors (Lipinski definition) is 3. The van der Waals surface area contributed by atoms with Crippen LogP contribution < -0.4 is 10.5 Å². The predicted molar refractivity (Wildman–Crippen MR) is 70.1 cm³/mol. The number of rotatable bonds is 4. The average Bonchev–Trinajstić information content (AvgIpc) is 2.83. The summed E-state index contributed by atoms with van der Waals surface area (Å²) in [4.78, 5) is 0. The van der Waals surface area contributed by atoms with Crippen LogP contribution in [-0.2, 0) is 6.42 Å². The molecule has 3 heteroatoms. The molecule has 2 N–H and O–H groups in total. The van der Waals surface area contributed by atoms with Gasteiger partial charge >= 0.3 is 0 Å². The number of nitrogens with two attached hydrogens (primary N) is 1. The van der Waals surface area contributed by atoms with Crippen LogP contribution in [0.3, 0.4) is 0 Å². The highest BCUT2D eigenvalue weighted by atomic mass is 32.2. The first-order valence-corrected chi connectivity index (χ1v) is 6.92. The summed E-state index contributed by atoms with van der Waals surface area (Å²) in [6.45, 7) is 0. The molecule has 0 aliphatic carbocycles. The molecule has 88 valence electrons. The molecule has 16 heavy (non-hydrogen) atoms. The van der Waals surface area contributed by atoms with Crippen LogP contribution >= 0.6 is 11.8 Å². The van der Waals surface area contributed by atoms with E-state index in [1.165, 1.54) is 23.5 Å². The first-order chi connectivity index (χ1) is 7.81. The van der Waals surface area contributed by atoms with Crippen LogP contribution in [0.2, 0.25) is 0 Å². The first-order valence-electron chi connectivity index (χ1n) is 5.76. The highest BCUT2D eigenvalue weighted by Gasteiger charge is 2.23. The van der Waals surface area contributed by atoms with Gasteiger partial charge in [-0.05, 0) is 41.9 Å². The van der Waals surface area contributed by atoms with E-state index < -0.39 is 0 Å². The van der Waals surface area contributed by atoms with E-state index in [4.69, 9.17) is 10.5 Å². The van der Waals surface area contributed by atoms with Crippen molar-refractivity contribution >= 4 is 11.8 Å². The Bertz CT molecular complexity index is 336. The average molecular weight is 237 g/mol. The van der Waals surface area contributed by atoms with Gasteiger partial charge in [0.15, 0.2) is 0 Å². The molecule has 1 aromatic rings. The number of hydrogen-bond donors (Lipinski definition) is 1. The predicted octanol–water partition coefficient (Wildman–Crippen LogP) is 2.32. The van der Waals surface area contributed by atoms with Gasteiger partial charge in [0.2, 0.25) is 0 Å². The van der Waals surface area contributed by atoms with Crippen molar-refractivity contribution in [3.8, 4) is 5.75 Å². The van der Waals surface area contributed by atoms with Crippen LogP contribution in [0.1, 0.15) is 12.0 Å². The molecular weight excluding hydrogens is 218 g/mol. The number of benzene rings is 1. The van der Waals surface area contributed by atoms with Crippen LogP contribution in [0.15, 0.2) is 24.3 Å². The molecule has 1 aromatic carbocycles. The molecule has 1 heterocycles. The van der Waals surface area contributed by atoms with Crippen LogP contribution in [0.5, 0.6) is 5.75 Å². The van der Waals surface area contributed by atoms with Crippen LogP contribution in [0.4, 0.5) is 0 Å². The van der Waals surface area contributed by atoms with Crippen molar-refractivity contribution in [3.05, 3.63) is 29.8 Å². The summed E-state index contributed by atoms with van der Waals surface area (Å²) in [5, 5.41) is 0. The third-order valence-electron chi connectivity index (χ3n) is 3.22. The molecule has 0 saturated carbocycles. The Morgan fingerprint density at radius 2 is 2.31 bits per heavy atom. The van der Waals surface area contributed by atoms with E-state index >= 15 is 0 Å². The van der Waals surface area contributed by atoms with E-state index in [-0.39, 0.29) is 6.04 Å². The zero-order valence-corrected chi connectivity index (χ0v) is 10.5. The Morgan fingerprint density at radius 3 is 3.00 bits per heavy atom. The summed E-state index contributed by atoms with van der Waals surface area (Å²) in [6, 6.07) is 8.44. The Morgan fingerprint density at radius 1 is 1.50 bits per heavy atom. The molecule has 2 unspecified atom stereocenters. The molecule has 2 nitrogen and oxygen atoms in total. The zero-order valence-electron chi connectivity index (χ0n) is 9.69. The van der Waals surface area contributed by atoms with Crippen LogP contribution in [0.25, 0.3) is 0 Å². The van der Waals surface area contributed by atoms with Crippen molar-refractivity contribution in [2.75, 3.05) is 18.6 Å². The van der Waals surface area contributed by atoms with E-state index in [0.717, 1.165) is 12.2 Å². The lowest BCUT2D eigenvalue weighted by Gasteiger charge is -2.19. The van der Waals surface area contributed by atoms with E-state index in [2.05, 4.69) is 6.07 Å². The van der Waals surface area contributed by atoms with Crippen molar-refractivity contribution < 1.29 is 4.74 Å². The Kier molecular flexibility index (Phi) is 4.13. The maximum Gasteiger partial charge on any atom is 0.122 e. The summed E-state index contributed by atoms with van der Waals surface area (Å²) < 4.78 is 5.35. The summed E-state index contributed by atoms with van der Waals surface area (Å²) >= 11 is 2.02. The summed E-state index contributed by atoms with van der Waals surface area (Å²) in [5.41, 5.74) is 7.50. The lowest BCUT2D eigenvalue weighted by atomic mass is 9.93. The monoisotopic (exact) mass is 237 g/mol. The highest BCUT2D eigenvalue weighted by Crippen LogP contribution is 2.28. The van der Waals surface area contributed by atoms with Crippen molar-refractivity contribution in [2.45, 2.75) is 18.9 Å². The molecule has 1 aliphatic rings. The summed E-state index contributed by atoms with van der Waals surface area (Å²) in [5.74, 6) is 4.12. The number of thioether (sulfide) groups is 1. The van der Waals surface area contributed by atoms with E-state index in [0.29, 0.717) is 5.92 Å². The maximum atomic E-state index is 6.27. The second-order valence-electron chi connectivity index (χ2n) is 4.30. The maximum absolute atomic E-state index is 6.27. The van der Waals surface area contributed by atoms with Gasteiger partial charge in [0.25, 0.3) is 0 Å². The fraction of sp³-hybridized carbons (Fsp3) is 0.538. The van der Waals surface area contributed by atoms with Crippen LogP contribution in [-0.4, -0.2) is 24.7 Å². The summed E-state index contributed by atoms with van der Waals surface area (Å²) in [7, 11) is 1.72. The van der Waals surface area contributed by atoms with Crippen molar-refractivity contribution in [1.82, 2.24) is 0 Å². The molecule has 1 aliphatic heterocycles.